The van der Waals surface area contributed by atoms with Crippen molar-refractivity contribution in [1.29, 1.82) is 0 Å². The monoisotopic (exact) mass is 209 g/mol. The van der Waals surface area contributed by atoms with Crippen LogP contribution in [-0.4, -0.2) is 22.5 Å². The van der Waals surface area contributed by atoms with Gasteiger partial charge in [0.1, 0.15) is 5.54 Å². The van der Waals surface area contributed by atoms with Crippen molar-refractivity contribution in [1.82, 2.24) is 5.32 Å². The van der Waals surface area contributed by atoms with E-state index in [9.17, 15) is 9.59 Å². The fourth-order valence-electron chi connectivity index (χ4n) is 2.17. The van der Waals surface area contributed by atoms with E-state index in [4.69, 9.17) is 11.5 Å². The van der Waals surface area contributed by atoms with E-state index in [1.807, 2.05) is 12.8 Å². The number of aliphatic carboxylic acids is 1. The van der Waals surface area contributed by atoms with E-state index in [0.717, 1.165) is 12.8 Å². The van der Waals surface area contributed by atoms with Crippen LogP contribution < -0.4 is 5.32 Å². The highest BCUT2D eigenvalue weighted by molar-refractivity contribution is 5.96. The zero-order valence-electron chi connectivity index (χ0n) is 8.75. The minimum absolute atomic E-state index is 0.299. The van der Waals surface area contributed by atoms with Crippen LogP contribution in [0.1, 0.15) is 32.6 Å². The van der Waals surface area contributed by atoms with E-state index in [1.165, 1.54) is 0 Å². The quantitative estimate of drug-likeness (QED) is 0.660. The Morgan fingerprint density at radius 1 is 1.60 bits per heavy atom. The van der Waals surface area contributed by atoms with Gasteiger partial charge in [-0.3, -0.25) is 4.79 Å². The fraction of sp³-hybridized carbons (Fsp3) is 0.636. The second kappa shape index (κ2) is 4.35. The lowest BCUT2D eigenvalue weighted by atomic mass is 9.76. The number of carboxylic acid groups (broad SMARTS) is 1. The van der Waals surface area contributed by atoms with Gasteiger partial charge in [0.25, 0.3) is 5.91 Å². The smallest absolute Gasteiger partial charge is 0.329 e. The highest BCUT2D eigenvalue weighted by atomic mass is 16.4. The maximum atomic E-state index is 11.2. The molecule has 1 fully saturated rings. The molecular formula is C11H15NO3. The van der Waals surface area contributed by atoms with Crippen molar-refractivity contribution in [3.8, 4) is 12.3 Å². The number of hydrogen-bond acceptors (Lipinski definition) is 2. The van der Waals surface area contributed by atoms with Crippen molar-refractivity contribution >= 4 is 11.9 Å². The van der Waals surface area contributed by atoms with Gasteiger partial charge in [0.15, 0.2) is 0 Å². The van der Waals surface area contributed by atoms with Crippen molar-refractivity contribution in [2.75, 3.05) is 0 Å². The van der Waals surface area contributed by atoms with E-state index in [1.54, 1.807) is 0 Å². The van der Waals surface area contributed by atoms with Crippen LogP contribution in [0.25, 0.3) is 0 Å². The van der Waals surface area contributed by atoms with Gasteiger partial charge < -0.3 is 10.4 Å². The molecule has 0 heterocycles. The summed E-state index contributed by atoms with van der Waals surface area (Å²) in [5, 5.41) is 11.6. The Morgan fingerprint density at radius 3 is 2.73 bits per heavy atom. The van der Waals surface area contributed by atoms with Crippen molar-refractivity contribution in [3.63, 3.8) is 0 Å². The highest BCUT2D eigenvalue weighted by Crippen LogP contribution is 2.32. The molecule has 15 heavy (non-hydrogen) atoms. The number of carboxylic acids is 1. The molecule has 4 nitrogen and oxygen atoms in total. The average Bonchev–Trinajstić information content (AvgIpc) is 2.17. The van der Waals surface area contributed by atoms with Gasteiger partial charge in [-0.25, -0.2) is 4.79 Å². The summed E-state index contributed by atoms with van der Waals surface area (Å²) in [7, 11) is 0. The number of terminal acetylenes is 1. The van der Waals surface area contributed by atoms with Crippen molar-refractivity contribution < 1.29 is 14.7 Å². The van der Waals surface area contributed by atoms with Crippen molar-refractivity contribution in [2.24, 2.45) is 5.92 Å². The number of nitrogens with one attached hydrogen (secondary N) is 1. The summed E-state index contributed by atoms with van der Waals surface area (Å²) in [6.07, 6.45) is 7.65. The lowest BCUT2D eigenvalue weighted by molar-refractivity contribution is -0.149. The number of rotatable bonds is 2. The van der Waals surface area contributed by atoms with Crippen LogP contribution in [0.2, 0.25) is 0 Å². The third-order valence-electron chi connectivity index (χ3n) is 2.89. The molecular weight excluding hydrogens is 194 g/mol. The van der Waals surface area contributed by atoms with Crippen LogP contribution in [0.4, 0.5) is 0 Å². The lowest BCUT2D eigenvalue weighted by Gasteiger charge is -2.36. The molecule has 0 aromatic carbocycles. The normalized spacial score (nSPS) is 30.3. The number of carbonyl (C=O) groups is 2. The number of carbonyl (C=O) groups excluding carboxylic acids is 1. The summed E-state index contributed by atoms with van der Waals surface area (Å²) < 4.78 is 0. The third kappa shape index (κ3) is 2.50. The first-order chi connectivity index (χ1) is 7.00. The van der Waals surface area contributed by atoms with E-state index in [-0.39, 0.29) is 0 Å². The minimum atomic E-state index is -1.15. The maximum Gasteiger partial charge on any atom is 0.329 e. The van der Waals surface area contributed by atoms with E-state index >= 15 is 0 Å². The summed E-state index contributed by atoms with van der Waals surface area (Å²) in [5.41, 5.74) is -1.15. The molecule has 2 N–H and O–H groups in total. The number of amides is 1. The van der Waals surface area contributed by atoms with Crippen LogP contribution in [-0.2, 0) is 9.59 Å². The Balaban J connectivity index is 2.83. The van der Waals surface area contributed by atoms with Crippen LogP contribution in [0.15, 0.2) is 0 Å². The maximum absolute atomic E-state index is 11.2. The molecule has 0 radical (unpaired) electrons. The Bertz CT molecular complexity index is 318. The van der Waals surface area contributed by atoms with Gasteiger partial charge in [0, 0.05) is 0 Å². The topological polar surface area (TPSA) is 66.4 Å². The van der Waals surface area contributed by atoms with E-state index in [0.29, 0.717) is 18.8 Å². The van der Waals surface area contributed by atoms with Crippen LogP contribution in [0, 0.1) is 18.3 Å². The molecule has 0 saturated heterocycles. The molecule has 2 atom stereocenters. The molecule has 82 valence electrons. The summed E-state index contributed by atoms with van der Waals surface area (Å²) in [6.45, 7) is 1.99. The largest absolute Gasteiger partial charge is 0.480 e. The Kier molecular flexibility index (Phi) is 3.35. The zero-order chi connectivity index (χ0) is 11.5. The Hall–Kier alpha value is -1.50. The first-order valence-electron chi connectivity index (χ1n) is 5.02. The summed E-state index contributed by atoms with van der Waals surface area (Å²) in [5.74, 6) is 0.557. The molecule has 1 aliphatic rings. The van der Waals surface area contributed by atoms with Gasteiger partial charge in [-0.2, -0.15) is 0 Å². The first kappa shape index (κ1) is 11.6. The van der Waals surface area contributed by atoms with Gasteiger partial charge in [-0.15, -0.1) is 6.42 Å². The van der Waals surface area contributed by atoms with Crippen molar-refractivity contribution in [2.45, 2.75) is 38.1 Å². The molecule has 0 aromatic heterocycles. The van der Waals surface area contributed by atoms with Crippen LogP contribution in [0.3, 0.4) is 0 Å². The molecule has 1 saturated carbocycles. The molecule has 4 heteroatoms. The predicted octanol–water partition coefficient (Wildman–Crippen LogP) is 0.769. The zero-order valence-corrected chi connectivity index (χ0v) is 8.75. The van der Waals surface area contributed by atoms with Gasteiger partial charge in [0.2, 0.25) is 0 Å². The average molecular weight is 209 g/mol. The van der Waals surface area contributed by atoms with Gasteiger partial charge in [-0.05, 0) is 24.7 Å². The SMILES string of the molecule is C#CC(=O)NC1(C(=O)O)CCCC(C)C1. The Labute approximate surface area is 89.0 Å². The predicted molar refractivity (Wildman–Crippen MR) is 55.0 cm³/mol. The molecule has 0 bridgehead atoms. The summed E-state index contributed by atoms with van der Waals surface area (Å²) in [6, 6.07) is 0. The standard InChI is InChI=1S/C11H15NO3/c1-3-9(13)12-11(10(14)15)6-4-5-8(2)7-11/h1,8H,4-7H2,2H3,(H,12,13)(H,14,15). The molecule has 1 rings (SSSR count). The third-order valence-corrected chi connectivity index (χ3v) is 2.89. The van der Waals surface area contributed by atoms with Gasteiger partial charge in [-0.1, -0.05) is 19.8 Å². The highest BCUT2D eigenvalue weighted by Gasteiger charge is 2.42. The molecule has 0 aliphatic heterocycles. The summed E-state index contributed by atoms with van der Waals surface area (Å²) >= 11 is 0. The number of hydrogen-bond donors (Lipinski definition) is 2. The second-order valence-corrected chi connectivity index (χ2v) is 4.19. The van der Waals surface area contributed by atoms with Crippen molar-refractivity contribution in [3.05, 3.63) is 0 Å². The van der Waals surface area contributed by atoms with Crippen LogP contribution >= 0.6 is 0 Å². The van der Waals surface area contributed by atoms with E-state index in [2.05, 4.69) is 5.32 Å². The molecule has 2 unspecified atom stereocenters. The second-order valence-electron chi connectivity index (χ2n) is 4.19. The summed E-state index contributed by atoms with van der Waals surface area (Å²) in [4.78, 5) is 22.3. The molecule has 1 aliphatic carbocycles. The van der Waals surface area contributed by atoms with E-state index < -0.39 is 17.4 Å². The van der Waals surface area contributed by atoms with Gasteiger partial charge >= 0.3 is 5.97 Å². The fourth-order valence-corrected chi connectivity index (χ4v) is 2.17. The van der Waals surface area contributed by atoms with Crippen LogP contribution in [0.5, 0.6) is 0 Å². The molecule has 0 spiro atoms. The molecule has 1 amide bonds. The van der Waals surface area contributed by atoms with Gasteiger partial charge in [0.05, 0.1) is 0 Å². The minimum Gasteiger partial charge on any atom is -0.480 e. The molecule has 0 aromatic rings. The first-order valence-corrected chi connectivity index (χ1v) is 5.02. The lowest BCUT2D eigenvalue weighted by Crippen LogP contribution is -2.56. The Morgan fingerprint density at radius 2 is 2.27 bits per heavy atom.